The fraction of sp³-hybridized carbons (Fsp3) is 0.750. The van der Waals surface area contributed by atoms with E-state index in [2.05, 4.69) is 8.80 Å². The Balaban J connectivity index is 2.88. The van der Waals surface area contributed by atoms with E-state index in [1.54, 1.807) is 0 Å². The van der Waals surface area contributed by atoms with Crippen LogP contribution in [0, 0.1) is 0 Å². The van der Waals surface area contributed by atoms with Gasteiger partial charge in [0.1, 0.15) is 26.2 Å². The number of morpholine rings is 2. The van der Waals surface area contributed by atoms with Gasteiger partial charge < -0.3 is 9.47 Å². The van der Waals surface area contributed by atoms with Gasteiger partial charge in [-0.25, -0.2) is 4.79 Å². The second-order valence-electron chi connectivity index (χ2n) is 8.24. The molecule has 20 heteroatoms. The molecule has 206 valence electrons. The van der Waals surface area contributed by atoms with Crippen molar-refractivity contribution >= 4 is 43.3 Å². The molecule has 0 bridgehead atoms. The van der Waals surface area contributed by atoms with Gasteiger partial charge in [0.25, 0.3) is 5.84 Å². The first kappa shape index (κ1) is 30.2. The fourth-order valence-electron chi connectivity index (χ4n) is 3.17. The summed E-state index contributed by atoms with van der Waals surface area (Å²) in [5.41, 5.74) is -14.2. The van der Waals surface area contributed by atoms with Crippen LogP contribution in [0.4, 0.5) is 26.3 Å². The summed E-state index contributed by atoms with van der Waals surface area (Å²) >= 11 is 0. The lowest BCUT2D eigenvalue weighted by Crippen LogP contribution is -2.63. The molecule has 0 aromatic rings. The lowest BCUT2D eigenvalue weighted by atomic mass is 10.1. The third kappa shape index (κ3) is 6.28. The predicted octanol–water partition coefficient (Wildman–Crippen LogP) is -0.426. The second-order valence-corrected chi connectivity index (χ2v) is 11.4. The number of halogens is 6. The maximum atomic E-state index is 13.2. The molecule has 2 heterocycles. The summed E-state index contributed by atoms with van der Waals surface area (Å²) in [5.74, 6) is -5.21. The Hall–Kier alpha value is -2.00. The van der Waals surface area contributed by atoms with E-state index in [1.165, 1.54) is 0 Å². The van der Waals surface area contributed by atoms with Crippen LogP contribution in [0.25, 0.3) is 0 Å². The van der Waals surface area contributed by atoms with E-state index < -0.39 is 76.4 Å². The van der Waals surface area contributed by atoms with E-state index in [9.17, 15) is 52.8 Å². The predicted molar refractivity (Wildman–Crippen MR) is 108 cm³/mol. The van der Waals surface area contributed by atoms with Crippen LogP contribution in [0.1, 0.15) is 0 Å². The van der Waals surface area contributed by atoms with Gasteiger partial charge in [-0.1, -0.05) is 4.40 Å². The van der Waals surface area contributed by atoms with Crippen molar-refractivity contribution in [1.29, 1.82) is 0 Å². The zero-order valence-corrected chi connectivity index (χ0v) is 20.4. The Morgan fingerprint density at radius 2 is 1.06 bits per heavy atom. The number of ketones is 1. The summed E-state index contributed by atoms with van der Waals surface area (Å²) in [6.07, 6.45) is 0. The molecular weight excluding hydrogens is 554 g/mol. The molecule has 2 aliphatic rings. The largest absolute Gasteiger partial charge is 0.518 e. The highest BCUT2D eigenvalue weighted by Gasteiger charge is 2.54. The number of alkyl halides is 6. The molecule has 2 saturated heterocycles. The number of Topliss-reactive ketones (excluding diaryl/α,β-unsaturated/α-hetero) is 1. The van der Waals surface area contributed by atoms with Crippen molar-refractivity contribution in [3.8, 4) is 0 Å². The number of amides is 1. The van der Waals surface area contributed by atoms with Gasteiger partial charge in [-0.2, -0.15) is 43.2 Å². The van der Waals surface area contributed by atoms with Gasteiger partial charge in [0.05, 0.1) is 40.5 Å². The molecule has 0 atom stereocenters. The lowest BCUT2D eigenvalue weighted by Gasteiger charge is -2.37. The molecule has 0 radical (unpaired) electrons. The molecule has 12 nitrogen and oxygen atoms in total. The Bertz CT molecular complexity index is 1170. The van der Waals surface area contributed by atoms with Crippen molar-refractivity contribution < 1.29 is 71.2 Å². The average molecular weight is 576 g/mol. The molecular formula is C16H22F6N4O8S2+2. The van der Waals surface area contributed by atoms with E-state index >= 15 is 0 Å². The lowest BCUT2D eigenvalue weighted by molar-refractivity contribution is -0.840. The van der Waals surface area contributed by atoms with Crippen LogP contribution in [0.3, 0.4) is 0 Å². The number of carbonyl (C=O) groups is 2. The van der Waals surface area contributed by atoms with Gasteiger partial charge in [0.2, 0.25) is 5.71 Å². The number of hydrogen-bond acceptors (Lipinski definition) is 8. The minimum Gasteiger partial charge on any atom is -0.370 e. The van der Waals surface area contributed by atoms with Crippen molar-refractivity contribution in [2.45, 2.75) is 11.0 Å². The summed E-state index contributed by atoms with van der Waals surface area (Å²) in [6, 6.07) is 0. The average Bonchev–Trinajstić information content (AvgIpc) is 2.74. The van der Waals surface area contributed by atoms with Gasteiger partial charge in [-0.15, -0.1) is 4.40 Å². The van der Waals surface area contributed by atoms with Gasteiger partial charge in [0, 0.05) is 0 Å². The number of ether oxygens (including phenoxy) is 2. The van der Waals surface area contributed by atoms with Crippen molar-refractivity contribution in [2.24, 2.45) is 8.80 Å². The number of sulfonamides is 2. The zero-order chi connectivity index (χ0) is 27.8. The number of carbonyl (C=O) groups excluding carboxylic acids is 2. The zero-order valence-electron chi connectivity index (χ0n) is 18.8. The van der Waals surface area contributed by atoms with E-state index in [-0.39, 0.29) is 39.5 Å². The smallest absolute Gasteiger partial charge is 0.370 e. The Labute approximate surface area is 201 Å². The van der Waals surface area contributed by atoms with Crippen LogP contribution >= 0.6 is 0 Å². The highest BCUT2D eigenvalue weighted by atomic mass is 32.2. The Kier molecular flexibility index (Phi) is 8.43. The molecule has 0 spiro atoms. The fourth-order valence-corrected chi connectivity index (χ4v) is 4.30. The van der Waals surface area contributed by atoms with Crippen LogP contribution in [0.2, 0.25) is 0 Å². The molecule has 2 rings (SSSR count). The first-order chi connectivity index (χ1) is 16.2. The second kappa shape index (κ2) is 10.0. The van der Waals surface area contributed by atoms with Gasteiger partial charge in [-0.3, -0.25) is 13.8 Å². The van der Waals surface area contributed by atoms with E-state index in [1.807, 2.05) is 0 Å². The van der Waals surface area contributed by atoms with Gasteiger partial charge in [0.15, 0.2) is 0 Å². The standard InChI is InChI=1S/C16H22F6N4O8S2/c1-25(3-7-33-8-4-25)13(24-36(31,32)16(20,21)22)11(23-35(29,30)15(17,18)19)12(27)14(28)26(2)5-9-34-10-6-26/h3-10H2,1-2H3/q+2. The molecule has 0 aromatic heterocycles. The van der Waals surface area contributed by atoms with Gasteiger partial charge in [-0.05, 0) is 0 Å². The number of quaternary nitrogens is 2. The summed E-state index contributed by atoms with van der Waals surface area (Å²) in [5, 5.41) is 0. The molecule has 0 unspecified atom stereocenters. The highest BCUT2D eigenvalue weighted by molar-refractivity contribution is 7.91. The number of amidine groups is 1. The molecule has 1 amide bonds. The van der Waals surface area contributed by atoms with Crippen molar-refractivity contribution in [2.75, 3.05) is 66.7 Å². The maximum Gasteiger partial charge on any atom is 0.518 e. The SMILES string of the molecule is C[N+]1(C(=O)C(=O)C(=NS(=O)(=O)C(F)(F)F)C(=NS(=O)(=O)C(F)(F)F)[N+]2(C)CCOCC2)CCOCC1. The molecule has 0 aromatic carbocycles. The van der Waals surface area contributed by atoms with E-state index in [0.29, 0.717) is 0 Å². The third-order valence-electron chi connectivity index (χ3n) is 5.54. The van der Waals surface area contributed by atoms with Crippen LogP contribution in [-0.2, 0) is 39.1 Å². The Morgan fingerprint density at radius 3 is 1.44 bits per heavy atom. The molecule has 0 N–H and O–H groups in total. The third-order valence-corrected chi connectivity index (χ3v) is 7.55. The maximum absolute atomic E-state index is 13.2. The summed E-state index contributed by atoms with van der Waals surface area (Å²) in [4.78, 5) is 26.2. The number of rotatable bonds is 5. The monoisotopic (exact) mass is 576 g/mol. The number of likely N-dealkylation sites (N-methyl/N-ethyl adjacent to an activating group) is 2. The molecule has 2 fully saturated rings. The Morgan fingerprint density at radius 1 is 0.694 bits per heavy atom. The normalized spacial score (nSPS) is 22.2. The molecule has 0 aliphatic carbocycles. The number of nitrogens with zero attached hydrogens (tertiary/aromatic N) is 4. The minimum atomic E-state index is -6.64. The first-order valence-electron chi connectivity index (χ1n) is 9.94. The van der Waals surface area contributed by atoms with Crippen LogP contribution < -0.4 is 0 Å². The first-order valence-corrected chi connectivity index (χ1v) is 12.8. The van der Waals surface area contributed by atoms with E-state index in [4.69, 9.17) is 9.47 Å². The number of hydrogen-bond donors (Lipinski definition) is 0. The van der Waals surface area contributed by atoms with Gasteiger partial charge >= 0.3 is 42.8 Å². The summed E-state index contributed by atoms with van der Waals surface area (Å²) in [6.45, 7) is -2.03. The summed E-state index contributed by atoms with van der Waals surface area (Å²) in [7, 11) is -11.0. The molecule has 0 saturated carbocycles. The molecule has 36 heavy (non-hydrogen) atoms. The van der Waals surface area contributed by atoms with E-state index in [0.717, 1.165) is 14.1 Å². The topological polar surface area (TPSA) is 146 Å². The van der Waals surface area contributed by atoms with Crippen molar-refractivity contribution in [1.82, 2.24) is 0 Å². The minimum absolute atomic E-state index is 0.0860. The van der Waals surface area contributed by atoms with Crippen molar-refractivity contribution in [3.05, 3.63) is 0 Å². The highest BCUT2D eigenvalue weighted by Crippen LogP contribution is 2.29. The van der Waals surface area contributed by atoms with Crippen LogP contribution in [0.15, 0.2) is 8.80 Å². The van der Waals surface area contributed by atoms with Crippen LogP contribution in [-0.4, -0.2) is 127 Å². The van der Waals surface area contributed by atoms with Crippen molar-refractivity contribution in [3.63, 3.8) is 0 Å². The molecule has 2 aliphatic heterocycles. The summed E-state index contributed by atoms with van der Waals surface area (Å²) < 4.78 is 139. The quantitative estimate of drug-likeness (QED) is 0.141. The van der Waals surface area contributed by atoms with Crippen LogP contribution in [0.5, 0.6) is 0 Å².